The number of hydrogen-bond acceptors (Lipinski definition) is 5. The number of halogens is 1. The third-order valence-electron chi connectivity index (χ3n) is 4.75. The summed E-state index contributed by atoms with van der Waals surface area (Å²) in [5.41, 5.74) is 2.23. The lowest BCUT2D eigenvalue weighted by Crippen LogP contribution is -2.49. The number of β-amino-alcohol motifs (C(OH)–C–C–N with tert-alkyl or cyclic N) is 1. The number of anilines is 1. The minimum absolute atomic E-state index is 0.334. The highest BCUT2D eigenvalue weighted by atomic mass is 35.5. The maximum atomic E-state index is 10.3. The lowest BCUT2D eigenvalue weighted by molar-refractivity contribution is 0.00913. The number of methoxy groups -OCH3 is 1. The van der Waals surface area contributed by atoms with Gasteiger partial charge in [-0.05, 0) is 35.9 Å². The van der Waals surface area contributed by atoms with Crippen LogP contribution in [-0.2, 0) is 11.3 Å². The first-order valence-corrected chi connectivity index (χ1v) is 9.63. The third-order valence-corrected chi connectivity index (χ3v) is 4.99. The number of hydrogen-bond donors (Lipinski definition) is 1. The lowest BCUT2D eigenvalue weighted by atomic mass is 10.2. The van der Waals surface area contributed by atoms with E-state index in [0.717, 1.165) is 48.2 Å². The first kappa shape index (κ1) is 20.0. The Balaban J connectivity index is 1.36. The lowest BCUT2D eigenvalue weighted by Gasteiger charge is -2.36. The summed E-state index contributed by atoms with van der Waals surface area (Å²) in [6.07, 6.45) is -0.485. The molecule has 146 valence electrons. The van der Waals surface area contributed by atoms with Crippen LogP contribution in [-0.4, -0.2) is 62.6 Å². The second-order valence-electron chi connectivity index (χ2n) is 6.78. The number of aliphatic hydroxyl groups excluding tert-OH is 1. The largest absolute Gasteiger partial charge is 0.497 e. The molecular weight excluding hydrogens is 364 g/mol. The molecule has 0 bridgehead atoms. The molecule has 3 rings (SSSR count). The summed E-state index contributed by atoms with van der Waals surface area (Å²) in [6, 6.07) is 15.7. The van der Waals surface area contributed by atoms with Gasteiger partial charge in [-0.3, -0.25) is 4.90 Å². The van der Waals surface area contributed by atoms with Gasteiger partial charge in [0, 0.05) is 43.4 Å². The third kappa shape index (κ3) is 6.11. The Labute approximate surface area is 166 Å². The molecule has 1 aliphatic heterocycles. The van der Waals surface area contributed by atoms with Crippen molar-refractivity contribution in [1.82, 2.24) is 4.90 Å². The Hall–Kier alpha value is -1.79. The van der Waals surface area contributed by atoms with Crippen LogP contribution in [0.25, 0.3) is 0 Å². The van der Waals surface area contributed by atoms with Crippen LogP contribution in [0, 0.1) is 0 Å². The molecule has 0 radical (unpaired) electrons. The summed E-state index contributed by atoms with van der Waals surface area (Å²) < 4.78 is 10.8. The van der Waals surface area contributed by atoms with Crippen molar-refractivity contribution in [3.8, 4) is 5.75 Å². The molecule has 1 unspecified atom stereocenters. The van der Waals surface area contributed by atoms with Crippen molar-refractivity contribution in [3.63, 3.8) is 0 Å². The summed E-state index contributed by atoms with van der Waals surface area (Å²) >= 11 is 6.08. The van der Waals surface area contributed by atoms with Gasteiger partial charge in [-0.25, -0.2) is 0 Å². The zero-order valence-electron chi connectivity index (χ0n) is 15.7. The van der Waals surface area contributed by atoms with Gasteiger partial charge in [-0.1, -0.05) is 29.8 Å². The molecule has 1 saturated heterocycles. The van der Waals surface area contributed by atoms with E-state index < -0.39 is 6.10 Å². The van der Waals surface area contributed by atoms with Gasteiger partial charge in [-0.15, -0.1) is 0 Å². The molecule has 27 heavy (non-hydrogen) atoms. The predicted octanol–water partition coefficient (Wildman–Crippen LogP) is 3.05. The van der Waals surface area contributed by atoms with Crippen molar-refractivity contribution < 1.29 is 14.6 Å². The van der Waals surface area contributed by atoms with Crippen LogP contribution in [0.2, 0.25) is 5.02 Å². The smallest absolute Gasteiger partial charge is 0.118 e. The van der Waals surface area contributed by atoms with Crippen molar-refractivity contribution in [2.45, 2.75) is 12.7 Å². The van der Waals surface area contributed by atoms with E-state index in [2.05, 4.69) is 15.9 Å². The van der Waals surface area contributed by atoms with Crippen molar-refractivity contribution >= 4 is 17.3 Å². The number of rotatable bonds is 8. The number of aliphatic hydroxyl groups is 1. The number of nitrogens with zero attached hydrogens (tertiary/aromatic N) is 2. The minimum Gasteiger partial charge on any atom is -0.497 e. The molecule has 2 aromatic carbocycles. The normalized spacial score (nSPS) is 16.3. The average Bonchev–Trinajstić information content (AvgIpc) is 2.69. The van der Waals surface area contributed by atoms with Crippen LogP contribution in [0.4, 0.5) is 5.69 Å². The van der Waals surface area contributed by atoms with Gasteiger partial charge in [-0.2, -0.15) is 0 Å². The second-order valence-corrected chi connectivity index (χ2v) is 7.22. The molecule has 6 heteroatoms. The first-order valence-electron chi connectivity index (χ1n) is 9.25. The van der Waals surface area contributed by atoms with Gasteiger partial charge in [0.2, 0.25) is 0 Å². The second kappa shape index (κ2) is 9.95. The van der Waals surface area contributed by atoms with E-state index in [9.17, 15) is 5.11 Å². The van der Waals surface area contributed by atoms with E-state index in [-0.39, 0.29) is 0 Å². The fourth-order valence-electron chi connectivity index (χ4n) is 3.25. The summed E-state index contributed by atoms with van der Waals surface area (Å²) in [4.78, 5) is 4.61. The van der Waals surface area contributed by atoms with Crippen molar-refractivity contribution in [2.75, 3.05) is 51.3 Å². The zero-order chi connectivity index (χ0) is 19.1. The van der Waals surface area contributed by atoms with Crippen molar-refractivity contribution in [3.05, 3.63) is 59.1 Å². The summed E-state index contributed by atoms with van der Waals surface area (Å²) in [7, 11) is 1.65. The van der Waals surface area contributed by atoms with Gasteiger partial charge in [0.25, 0.3) is 0 Å². The highest BCUT2D eigenvalue weighted by Crippen LogP contribution is 2.20. The van der Waals surface area contributed by atoms with Crippen LogP contribution >= 0.6 is 11.6 Å². The molecule has 0 aromatic heterocycles. The van der Waals surface area contributed by atoms with Crippen LogP contribution in [0.15, 0.2) is 48.5 Å². The monoisotopic (exact) mass is 390 g/mol. The number of ether oxygens (including phenoxy) is 2. The van der Waals surface area contributed by atoms with Gasteiger partial charge >= 0.3 is 0 Å². The van der Waals surface area contributed by atoms with Crippen molar-refractivity contribution in [1.29, 1.82) is 0 Å². The Morgan fingerprint density at radius 1 is 1.07 bits per heavy atom. The Morgan fingerprint density at radius 3 is 2.48 bits per heavy atom. The van der Waals surface area contributed by atoms with Gasteiger partial charge in [0.05, 0.1) is 26.4 Å². The molecule has 0 amide bonds. The van der Waals surface area contributed by atoms with Gasteiger partial charge in [0.1, 0.15) is 5.75 Å². The van der Waals surface area contributed by atoms with E-state index in [0.29, 0.717) is 19.8 Å². The van der Waals surface area contributed by atoms with E-state index >= 15 is 0 Å². The Kier molecular flexibility index (Phi) is 7.35. The molecule has 1 heterocycles. The van der Waals surface area contributed by atoms with E-state index in [1.807, 2.05) is 42.5 Å². The van der Waals surface area contributed by atoms with E-state index in [4.69, 9.17) is 21.1 Å². The summed E-state index contributed by atoms with van der Waals surface area (Å²) in [6.45, 7) is 5.15. The highest BCUT2D eigenvalue weighted by molar-refractivity contribution is 6.30. The quantitative estimate of drug-likeness (QED) is 0.750. The standard InChI is InChI=1S/C21H27ClN2O3/c1-26-21-7-5-17(6-8-21)15-27-16-20(25)14-23-9-11-24(12-10-23)19-4-2-3-18(22)13-19/h2-8,13,20,25H,9-12,14-16H2,1H3. The maximum absolute atomic E-state index is 10.3. The number of piperazine rings is 1. The molecule has 1 atom stereocenters. The molecule has 0 saturated carbocycles. The van der Waals surface area contributed by atoms with Gasteiger partial charge < -0.3 is 19.5 Å². The molecular formula is C21H27ClN2O3. The number of benzene rings is 2. The first-order chi connectivity index (χ1) is 13.1. The molecule has 2 aromatic rings. The van der Waals surface area contributed by atoms with Crippen LogP contribution in [0.3, 0.4) is 0 Å². The predicted molar refractivity (Wildman–Crippen MR) is 109 cm³/mol. The van der Waals surface area contributed by atoms with E-state index in [1.54, 1.807) is 7.11 Å². The Morgan fingerprint density at radius 2 is 1.81 bits per heavy atom. The topological polar surface area (TPSA) is 45.2 Å². The van der Waals surface area contributed by atoms with E-state index in [1.165, 1.54) is 0 Å². The maximum Gasteiger partial charge on any atom is 0.118 e. The molecule has 5 nitrogen and oxygen atoms in total. The zero-order valence-corrected chi connectivity index (χ0v) is 16.4. The van der Waals surface area contributed by atoms with Gasteiger partial charge in [0.15, 0.2) is 0 Å². The fraction of sp³-hybridized carbons (Fsp3) is 0.429. The van der Waals surface area contributed by atoms with Crippen molar-refractivity contribution in [2.24, 2.45) is 0 Å². The SMILES string of the molecule is COc1ccc(COCC(O)CN2CCN(c3cccc(Cl)c3)CC2)cc1. The van der Waals surface area contributed by atoms with Crippen LogP contribution in [0.5, 0.6) is 5.75 Å². The van der Waals surface area contributed by atoms with Crippen LogP contribution in [0.1, 0.15) is 5.56 Å². The van der Waals surface area contributed by atoms with Crippen LogP contribution < -0.4 is 9.64 Å². The molecule has 1 fully saturated rings. The fourth-order valence-corrected chi connectivity index (χ4v) is 3.43. The summed E-state index contributed by atoms with van der Waals surface area (Å²) in [5, 5.41) is 11.0. The molecule has 0 aliphatic carbocycles. The Bertz CT molecular complexity index is 703. The average molecular weight is 391 g/mol. The summed E-state index contributed by atoms with van der Waals surface area (Å²) in [5.74, 6) is 0.829. The molecule has 0 spiro atoms. The highest BCUT2D eigenvalue weighted by Gasteiger charge is 2.19. The minimum atomic E-state index is -0.485. The molecule has 1 N–H and O–H groups in total. The molecule has 1 aliphatic rings.